The molecule has 1 saturated heterocycles. The first-order chi connectivity index (χ1) is 7.65. The molecule has 0 bridgehead atoms. The van der Waals surface area contributed by atoms with Crippen LogP contribution in [0.2, 0.25) is 0 Å². The molecule has 1 aliphatic heterocycles. The van der Waals surface area contributed by atoms with E-state index in [1.807, 2.05) is 0 Å². The van der Waals surface area contributed by atoms with Gasteiger partial charge in [0.2, 0.25) is 0 Å². The van der Waals surface area contributed by atoms with Gasteiger partial charge in [-0.2, -0.15) is 0 Å². The molecule has 0 aromatic carbocycles. The first-order valence-electron chi connectivity index (χ1n) is 7.00. The molecule has 1 rings (SSSR count). The summed E-state index contributed by atoms with van der Waals surface area (Å²) in [6.07, 6.45) is 5.65. The molecule has 1 N–H and O–H groups in total. The predicted octanol–water partition coefficient (Wildman–Crippen LogP) is 3.22. The summed E-state index contributed by atoms with van der Waals surface area (Å²) in [4.78, 5) is 0. The van der Waals surface area contributed by atoms with E-state index in [0.29, 0.717) is 18.1 Å². The van der Waals surface area contributed by atoms with E-state index in [2.05, 4.69) is 33.0 Å². The average molecular weight is 227 g/mol. The van der Waals surface area contributed by atoms with Crippen molar-refractivity contribution in [3.8, 4) is 0 Å². The molecule has 1 fully saturated rings. The molecule has 16 heavy (non-hydrogen) atoms. The third-order valence-electron chi connectivity index (χ3n) is 3.64. The van der Waals surface area contributed by atoms with Crippen molar-refractivity contribution >= 4 is 0 Å². The van der Waals surface area contributed by atoms with Crippen LogP contribution in [-0.4, -0.2) is 25.3 Å². The first-order valence-corrected chi connectivity index (χ1v) is 7.00. The van der Waals surface area contributed by atoms with Gasteiger partial charge in [-0.15, -0.1) is 0 Å². The molecule has 0 aliphatic carbocycles. The second-order valence-electron chi connectivity index (χ2n) is 5.58. The Balaban J connectivity index is 2.20. The summed E-state index contributed by atoms with van der Waals surface area (Å²) in [6, 6.07) is 0.661. The summed E-state index contributed by atoms with van der Waals surface area (Å²) in [5, 5.41) is 3.66. The van der Waals surface area contributed by atoms with Gasteiger partial charge in [0.1, 0.15) is 0 Å². The van der Waals surface area contributed by atoms with Crippen LogP contribution >= 0.6 is 0 Å². The number of ether oxygens (including phenoxy) is 1. The van der Waals surface area contributed by atoms with E-state index in [4.69, 9.17) is 4.74 Å². The van der Waals surface area contributed by atoms with E-state index >= 15 is 0 Å². The molecule has 1 aliphatic rings. The molecule has 0 aromatic rings. The van der Waals surface area contributed by atoms with Crippen molar-refractivity contribution in [2.45, 2.75) is 65.5 Å². The minimum absolute atomic E-state index is 0.478. The van der Waals surface area contributed by atoms with Crippen molar-refractivity contribution in [3.05, 3.63) is 0 Å². The average Bonchev–Trinajstić information content (AvgIpc) is 2.71. The zero-order valence-corrected chi connectivity index (χ0v) is 11.5. The number of hydrogen-bond donors (Lipinski definition) is 1. The third-order valence-corrected chi connectivity index (χ3v) is 3.64. The Morgan fingerprint density at radius 2 is 2.06 bits per heavy atom. The molecule has 0 amide bonds. The number of rotatable bonds is 7. The van der Waals surface area contributed by atoms with Crippen LogP contribution in [0.3, 0.4) is 0 Å². The van der Waals surface area contributed by atoms with E-state index in [1.165, 1.54) is 25.7 Å². The maximum Gasteiger partial charge on any atom is 0.0639 e. The fourth-order valence-corrected chi connectivity index (χ4v) is 2.58. The second-order valence-corrected chi connectivity index (χ2v) is 5.58. The summed E-state index contributed by atoms with van der Waals surface area (Å²) < 4.78 is 5.80. The summed E-state index contributed by atoms with van der Waals surface area (Å²) in [5.74, 6) is 1.38. The quantitative estimate of drug-likeness (QED) is 0.721. The highest BCUT2D eigenvalue weighted by Gasteiger charge is 2.30. The van der Waals surface area contributed by atoms with Crippen molar-refractivity contribution in [2.75, 3.05) is 13.2 Å². The van der Waals surface area contributed by atoms with Crippen molar-refractivity contribution in [1.82, 2.24) is 5.32 Å². The molecule has 1 heterocycles. The van der Waals surface area contributed by atoms with Gasteiger partial charge in [0, 0.05) is 19.2 Å². The number of hydrogen-bond acceptors (Lipinski definition) is 2. The lowest BCUT2D eigenvalue weighted by Gasteiger charge is -2.24. The molecule has 0 aromatic heterocycles. The van der Waals surface area contributed by atoms with Crippen LogP contribution in [0.15, 0.2) is 0 Å². The van der Waals surface area contributed by atoms with Gasteiger partial charge in [0.05, 0.1) is 6.10 Å². The zero-order valence-electron chi connectivity index (χ0n) is 11.5. The van der Waals surface area contributed by atoms with Gasteiger partial charge >= 0.3 is 0 Å². The fourth-order valence-electron chi connectivity index (χ4n) is 2.58. The smallest absolute Gasteiger partial charge is 0.0639 e. The van der Waals surface area contributed by atoms with Crippen LogP contribution < -0.4 is 5.32 Å². The normalized spacial score (nSPS) is 27.6. The summed E-state index contributed by atoms with van der Waals surface area (Å²) in [7, 11) is 0. The predicted molar refractivity (Wildman–Crippen MR) is 69.7 cm³/mol. The van der Waals surface area contributed by atoms with Crippen molar-refractivity contribution in [2.24, 2.45) is 11.8 Å². The molecular formula is C14H29NO. The number of unbranched alkanes of at least 4 members (excludes halogenated alkanes) is 1. The fraction of sp³-hybridized carbons (Fsp3) is 1.00. The van der Waals surface area contributed by atoms with Crippen LogP contribution in [-0.2, 0) is 4.74 Å². The molecule has 0 radical (unpaired) electrons. The minimum Gasteiger partial charge on any atom is -0.378 e. The van der Waals surface area contributed by atoms with Gasteiger partial charge in [0.25, 0.3) is 0 Å². The molecule has 2 heteroatoms. The molecule has 3 unspecified atom stereocenters. The van der Waals surface area contributed by atoms with Gasteiger partial charge in [-0.3, -0.25) is 0 Å². The Labute approximate surface area is 101 Å². The van der Waals surface area contributed by atoms with Crippen LogP contribution in [0.25, 0.3) is 0 Å². The highest BCUT2D eigenvalue weighted by Crippen LogP contribution is 2.26. The number of nitrogens with one attached hydrogen (secondary N) is 1. The van der Waals surface area contributed by atoms with Crippen LogP contribution in [0, 0.1) is 11.8 Å². The van der Waals surface area contributed by atoms with Gasteiger partial charge in [-0.05, 0) is 31.6 Å². The Kier molecular flexibility index (Phi) is 6.37. The molecule has 2 nitrogen and oxygen atoms in total. The van der Waals surface area contributed by atoms with E-state index in [0.717, 1.165) is 19.1 Å². The molecular weight excluding hydrogens is 198 g/mol. The molecule has 0 spiro atoms. The van der Waals surface area contributed by atoms with Gasteiger partial charge in [-0.1, -0.05) is 33.6 Å². The van der Waals surface area contributed by atoms with Crippen LogP contribution in [0.4, 0.5) is 0 Å². The zero-order chi connectivity index (χ0) is 12.0. The van der Waals surface area contributed by atoms with Crippen LogP contribution in [0.1, 0.15) is 53.4 Å². The Bertz CT molecular complexity index is 182. The lowest BCUT2D eigenvalue weighted by Crippen LogP contribution is -2.36. The Hall–Kier alpha value is -0.0800. The minimum atomic E-state index is 0.478. The largest absolute Gasteiger partial charge is 0.378 e. The second kappa shape index (κ2) is 7.29. The molecule has 3 atom stereocenters. The molecule has 0 saturated carbocycles. The van der Waals surface area contributed by atoms with Gasteiger partial charge < -0.3 is 10.1 Å². The maximum atomic E-state index is 5.80. The highest BCUT2D eigenvalue weighted by atomic mass is 16.5. The SMILES string of the molecule is CCCCC(C)NCC1CCOC1C(C)C. The van der Waals surface area contributed by atoms with Gasteiger partial charge in [-0.25, -0.2) is 0 Å². The van der Waals surface area contributed by atoms with E-state index in [-0.39, 0.29) is 0 Å². The van der Waals surface area contributed by atoms with Crippen LogP contribution in [0.5, 0.6) is 0 Å². The summed E-state index contributed by atoms with van der Waals surface area (Å²) in [6.45, 7) is 11.2. The lowest BCUT2D eigenvalue weighted by atomic mass is 9.92. The monoisotopic (exact) mass is 227 g/mol. The Morgan fingerprint density at radius 3 is 2.69 bits per heavy atom. The van der Waals surface area contributed by atoms with Crippen molar-refractivity contribution in [1.29, 1.82) is 0 Å². The standard InChI is InChI=1S/C14H29NO/c1-5-6-7-12(4)15-10-13-8-9-16-14(13)11(2)3/h11-15H,5-10H2,1-4H3. The molecule has 96 valence electrons. The van der Waals surface area contributed by atoms with E-state index in [9.17, 15) is 0 Å². The Morgan fingerprint density at radius 1 is 1.31 bits per heavy atom. The lowest BCUT2D eigenvalue weighted by molar-refractivity contribution is 0.0534. The highest BCUT2D eigenvalue weighted by molar-refractivity contribution is 4.81. The summed E-state index contributed by atoms with van der Waals surface area (Å²) >= 11 is 0. The van der Waals surface area contributed by atoms with Crippen molar-refractivity contribution in [3.63, 3.8) is 0 Å². The maximum absolute atomic E-state index is 5.80. The topological polar surface area (TPSA) is 21.3 Å². The van der Waals surface area contributed by atoms with E-state index < -0.39 is 0 Å². The summed E-state index contributed by atoms with van der Waals surface area (Å²) in [5.41, 5.74) is 0. The van der Waals surface area contributed by atoms with E-state index in [1.54, 1.807) is 0 Å². The first kappa shape index (κ1) is 14.0. The van der Waals surface area contributed by atoms with Gasteiger partial charge in [0.15, 0.2) is 0 Å². The third kappa shape index (κ3) is 4.42. The van der Waals surface area contributed by atoms with Crippen molar-refractivity contribution < 1.29 is 4.74 Å².